The average molecular weight is 171 g/mol. The van der Waals surface area contributed by atoms with Crippen molar-refractivity contribution in [3.8, 4) is 0 Å². The van der Waals surface area contributed by atoms with Crippen LogP contribution in [0.5, 0.6) is 0 Å². The van der Waals surface area contributed by atoms with Gasteiger partial charge in [-0.2, -0.15) is 0 Å². The van der Waals surface area contributed by atoms with Gasteiger partial charge in [0.15, 0.2) is 0 Å². The van der Waals surface area contributed by atoms with E-state index in [0.29, 0.717) is 24.9 Å². The molecular formula is C8H10FNS. The van der Waals surface area contributed by atoms with Crippen LogP contribution in [0.3, 0.4) is 0 Å². The van der Waals surface area contributed by atoms with Crippen LogP contribution < -0.4 is 5.73 Å². The summed E-state index contributed by atoms with van der Waals surface area (Å²) >= 11 is 1.62. The molecule has 2 N–H and O–H groups in total. The highest BCUT2D eigenvalue weighted by Crippen LogP contribution is 2.13. The van der Waals surface area contributed by atoms with Crippen LogP contribution in [0.1, 0.15) is 4.88 Å². The van der Waals surface area contributed by atoms with Gasteiger partial charge in [0.1, 0.15) is 0 Å². The molecule has 0 amide bonds. The molecule has 0 aromatic carbocycles. The van der Waals surface area contributed by atoms with Gasteiger partial charge >= 0.3 is 0 Å². The minimum Gasteiger partial charge on any atom is -0.327 e. The second-order valence-electron chi connectivity index (χ2n) is 2.23. The fourth-order valence-electron chi connectivity index (χ4n) is 0.792. The number of thiophene rings is 1. The van der Waals surface area contributed by atoms with Crippen molar-refractivity contribution in [3.63, 3.8) is 0 Å². The normalized spacial score (nSPS) is 12.0. The van der Waals surface area contributed by atoms with Gasteiger partial charge in [0.2, 0.25) is 0 Å². The smallest absolute Gasteiger partial charge is 0.0875 e. The molecule has 3 heteroatoms. The van der Waals surface area contributed by atoms with Gasteiger partial charge in [0.05, 0.1) is 6.33 Å². The van der Waals surface area contributed by atoms with Crippen LogP contribution >= 0.6 is 11.3 Å². The van der Waals surface area contributed by atoms with Crippen molar-refractivity contribution < 1.29 is 4.39 Å². The lowest BCUT2D eigenvalue weighted by Gasteiger charge is -1.97. The largest absolute Gasteiger partial charge is 0.327 e. The molecule has 0 atom stereocenters. The zero-order valence-corrected chi connectivity index (χ0v) is 6.90. The van der Waals surface area contributed by atoms with Crippen LogP contribution in [0, 0.1) is 0 Å². The average Bonchev–Trinajstić information content (AvgIpc) is 2.52. The first-order chi connectivity index (χ1) is 5.36. The Kier molecular flexibility index (Phi) is 3.26. The highest BCUT2D eigenvalue weighted by atomic mass is 32.1. The fourth-order valence-corrected chi connectivity index (χ4v) is 1.55. The predicted octanol–water partition coefficient (Wildman–Crippen LogP) is 2.10. The lowest BCUT2D eigenvalue weighted by atomic mass is 10.2. The summed E-state index contributed by atoms with van der Waals surface area (Å²) in [6.45, 7) is 0.300. The molecule has 1 aromatic rings. The lowest BCUT2D eigenvalue weighted by Crippen LogP contribution is -2.04. The highest BCUT2D eigenvalue weighted by Gasteiger charge is 1.97. The summed E-state index contributed by atoms with van der Waals surface area (Å²) in [6, 6.07) is 3.93. The Morgan fingerprint density at radius 2 is 2.55 bits per heavy atom. The van der Waals surface area contributed by atoms with Crippen molar-refractivity contribution in [1.29, 1.82) is 0 Å². The first kappa shape index (κ1) is 8.43. The van der Waals surface area contributed by atoms with E-state index in [2.05, 4.69) is 0 Å². The number of nitrogens with two attached hydrogens (primary N) is 1. The van der Waals surface area contributed by atoms with Crippen molar-refractivity contribution in [2.24, 2.45) is 5.73 Å². The fraction of sp³-hybridized carbons (Fsp3) is 0.250. The van der Waals surface area contributed by atoms with Crippen molar-refractivity contribution in [3.05, 3.63) is 34.3 Å². The lowest BCUT2D eigenvalue weighted by molar-refractivity contribution is 0.700. The van der Waals surface area contributed by atoms with Crippen molar-refractivity contribution >= 4 is 11.3 Å². The summed E-state index contributed by atoms with van der Waals surface area (Å²) in [4.78, 5) is 1.15. The van der Waals surface area contributed by atoms with Gasteiger partial charge < -0.3 is 5.73 Å². The van der Waals surface area contributed by atoms with Crippen LogP contribution in [0.2, 0.25) is 0 Å². The third-order valence-electron chi connectivity index (χ3n) is 1.40. The van der Waals surface area contributed by atoms with Crippen LogP contribution in [0.15, 0.2) is 29.4 Å². The standard InChI is InChI=1S/C8H10FNS/c9-5-7(6-10)4-8-2-1-3-11-8/h1-3,5H,4,6,10H2/b7-5+. The Balaban J connectivity index is 2.55. The van der Waals surface area contributed by atoms with E-state index in [1.165, 1.54) is 0 Å². The second kappa shape index (κ2) is 4.26. The molecule has 0 fully saturated rings. The van der Waals surface area contributed by atoms with E-state index < -0.39 is 0 Å². The Bertz CT molecular complexity index is 228. The topological polar surface area (TPSA) is 26.0 Å². The summed E-state index contributed by atoms with van der Waals surface area (Å²) in [5, 5.41) is 1.97. The van der Waals surface area contributed by atoms with Crippen LogP contribution in [0.25, 0.3) is 0 Å². The van der Waals surface area contributed by atoms with E-state index in [9.17, 15) is 4.39 Å². The monoisotopic (exact) mass is 171 g/mol. The predicted molar refractivity (Wildman–Crippen MR) is 46.3 cm³/mol. The molecule has 0 aliphatic rings. The molecule has 0 unspecified atom stereocenters. The molecule has 0 aliphatic carbocycles. The molecule has 0 bridgehead atoms. The van der Waals surface area contributed by atoms with Gasteiger partial charge in [0.25, 0.3) is 0 Å². The molecule has 1 aromatic heterocycles. The van der Waals surface area contributed by atoms with Gasteiger partial charge in [-0.05, 0) is 17.0 Å². The molecule has 0 saturated heterocycles. The van der Waals surface area contributed by atoms with Crippen LogP contribution in [-0.2, 0) is 6.42 Å². The molecule has 0 aliphatic heterocycles. The molecule has 1 heterocycles. The Labute approximate surface area is 69.3 Å². The molecule has 1 rings (SSSR count). The zero-order chi connectivity index (χ0) is 8.10. The zero-order valence-electron chi connectivity index (χ0n) is 6.09. The molecule has 0 radical (unpaired) electrons. The molecular weight excluding hydrogens is 161 g/mol. The summed E-state index contributed by atoms with van der Waals surface area (Å²) in [5.41, 5.74) is 5.94. The second-order valence-corrected chi connectivity index (χ2v) is 3.26. The van der Waals surface area contributed by atoms with E-state index in [4.69, 9.17) is 5.73 Å². The van der Waals surface area contributed by atoms with Gasteiger partial charge in [-0.15, -0.1) is 11.3 Å². The maximum atomic E-state index is 12.0. The quantitative estimate of drug-likeness (QED) is 0.740. The maximum Gasteiger partial charge on any atom is 0.0875 e. The van der Waals surface area contributed by atoms with Crippen LogP contribution in [-0.4, -0.2) is 6.54 Å². The molecule has 1 nitrogen and oxygen atoms in total. The van der Waals surface area contributed by atoms with Gasteiger partial charge in [-0.25, -0.2) is 4.39 Å². The van der Waals surface area contributed by atoms with Crippen molar-refractivity contribution in [2.45, 2.75) is 6.42 Å². The van der Waals surface area contributed by atoms with Gasteiger partial charge in [-0.3, -0.25) is 0 Å². The molecule has 0 spiro atoms. The van der Waals surface area contributed by atoms with Crippen LogP contribution in [0.4, 0.5) is 4.39 Å². The number of halogens is 1. The first-order valence-electron chi connectivity index (χ1n) is 3.37. The van der Waals surface area contributed by atoms with E-state index in [-0.39, 0.29) is 0 Å². The van der Waals surface area contributed by atoms with Gasteiger partial charge in [0, 0.05) is 17.8 Å². The maximum absolute atomic E-state index is 12.0. The molecule has 11 heavy (non-hydrogen) atoms. The summed E-state index contributed by atoms with van der Waals surface area (Å²) in [5.74, 6) is 0. The van der Waals surface area contributed by atoms with E-state index in [1.807, 2.05) is 17.5 Å². The third kappa shape index (κ3) is 2.44. The number of hydrogen-bond donors (Lipinski definition) is 1. The van der Waals surface area contributed by atoms with E-state index in [0.717, 1.165) is 4.88 Å². The van der Waals surface area contributed by atoms with E-state index >= 15 is 0 Å². The SMILES string of the molecule is NC/C(=C/F)Cc1cccs1. The summed E-state index contributed by atoms with van der Waals surface area (Å²) < 4.78 is 12.0. The minimum absolute atomic E-state index is 0.300. The van der Waals surface area contributed by atoms with Crippen molar-refractivity contribution in [1.82, 2.24) is 0 Å². The van der Waals surface area contributed by atoms with Gasteiger partial charge in [-0.1, -0.05) is 6.07 Å². The number of rotatable bonds is 3. The summed E-state index contributed by atoms with van der Waals surface area (Å²) in [6.07, 6.45) is 1.24. The number of hydrogen-bond acceptors (Lipinski definition) is 2. The first-order valence-corrected chi connectivity index (χ1v) is 4.25. The van der Waals surface area contributed by atoms with Crippen molar-refractivity contribution in [2.75, 3.05) is 6.54 Å². The highest BCUT2D eigenvalue weighted by molar-refractivity contribution is 7.09. The minimum atomic E-state index is 0.300. The third-order valence-corrected chi connectivity index (χ3v) is 2.27. The summed E-state index contributed by atoms with van der Waals surface area (Å²) in [7, 11) is 0. The molecule has 0 saturated carbocycles. The Hall–Kier alpha value is -0.670. The Morgan fingerprint density at radius 1 is 1.73 bits per heavy atom. The van der Waals surface area contributed by atoms with E-state index in [1.54, 1.807) is 11.3 Å². The molecule has 60 valence electrons. The Morgan fingerprint density at radius 3 is 3.00 bits per heavy atom.